The van der Waals surface area contributed by atoms with E-state index in [1.807, 2.05) is 31.2 Å². The predicted molar refractivity (Wildman–Crippen MR) is 99.2 cm³/mol. The SMILES string of the molecule is CCc1oc2ccccc2c1CN(C)S(=O)(=O)c1ccc(C(N)=O)cc1. The first-order valence-corrected chi connectivity index (χ1v) is 9.64. The third-order valence-corrected chi connectivity index (χ3v) is 6.15. The van der Waals surface area contributed by atoms with Crippen LogP contribution in [0.2, 0.25) is 0 Å². The van der Waals surface area contributed by atoms with Crippen molar-refractivity contribution in [3.63, 3.8) is 0 Å². The number of nitrogens with two attached hydrogens (primary N) is 1. The van der Waals surface area contributed by atoms with Crippen LogP contribution in [0.25, 0.3) is 11.0 Å². The second-order valence-corrected chi connectivity index (χ2v) is 8.05. The second-order valence-electron chi connectivity index (χ2n) is 6.00. The van der Waals surface area contributed by atoms with E-state index in [1.54, 1.807) is 0 Å². The molecule has 0 radical (unpaired) electrons. The lowest BCUT2D eigenvalue weighted by Gasteiger charge is -2.17. The first kappa shape index (κ1) is 18.2. The average molecular weight is 372 g/mol. The Morgan fingerprint density at radius 2 is 1.77 bits per heavy atom. The van der Waals surface area contributed by atoms with Gasteiger partial charge in [-0.15, -0.1) is 0 Å². The highest BCUT2D eigenvalue weighted by Crippen LogP contribution is 2.28. The van der Waals surface area contributed by atoms with Crippen LogP contribution in [0.4, 0.5) is 0 Å². The van der Waals surface area contributed by atoms with Gasteiger partial charge in [0.15, 0.2) is 0 Å². The van der Waals surface area contributed by atoms with Crippen LogP contribution < -0.4 is 5.73 Å². The van der Waals surface area contributed by atoms with Crippen LogP contribution in [0.15, 0.2) is 57.8 Å². The van der Waals surface area contributed by atoms with Gasteiger partial charge in [-0.2, -0.15) is 4.31 Å². The zero-order chi connectivity index (χ0) is 18.9. The molecule has 0 aliphatic rings. The number of para-hydroxylation sites is 1. The maximum atomic E-state index is 12.9. The molecule has 7 heteroatoms. The number of nitrogens with zero attached hydrogens (tertiary/aromatic N) is 1. The van der Waals surface area contributed by atoms with Gasteiger partial charge in [0.25, 0.3) is 0 Å². The van der Waals surface area contributed by atoms with Gasteiger partial charge in [0.2, 0.25) is 15.9 Å². The molecule has 0 fully saturated rings. The van der Waals surface area contributed by atoms with Crippen molar-refractivity contribution in [2.75, 3.05) is 7.05 Å². The number of hydrogen-bond acceptors (Lipinski definition) is 4. The van der Waals surface area contributed by atoms with Crippen LogP contribution in [0.1, 0.15) is 28.6 Å². The smallest absolute Gasteiger partial charge is 0.248 e. The Labute approximate surface area is 152 Å². The number of aryl methyl sites for hydroxylation is 1. The fourth-order valence-corrected chi connectivity index (χ4v) is 4.03. The maximum absolute atomic E-state index is 12.9. The summed E-state index contributed by atoms with van der Waals surface area (Å²) in [6.07, 6.45) is 0.672. The summed E-state index contributed by atoms with van der Waals surface area (Å²) < 4.78 is 32.8. The van der Waals surface area contributed by atoms with Crippen LogP contribution in [0.3, 0.4) is 0 Å². The number of rotatable bonds is 6. The van der Waals surface area contributed by atoms with E-state index in [0.717, 1.165) is 22.3 Å². The van der Waals surface area contributed by atoms with E-state index in [2.05, 4.69) is 0 Å². The van der Waals surface area contributed by atoms with Gasteiger partial charge in [-0.25, -0.2) is 8.42 Å². The van der Waals surface area contributed by atoms with Gasteiger partial charge in [0, 0.05) is 36.5 Å². The lowest BCUT2D eigenvalue weighted by atomic mass is 10.1. The quantitative estimate of drug-likeness (QED) is 0.720. The predicted octanol–water partition coefficient (Wildman–Crippen LogP) is 2.91. The van der Waals surface area contributed by atoms with Crippen LogP contribution in [-0.4, -0.2) is 25.7 Å². The topological polar surface area (TPSA) is 93.6 Å². The Bertz CT molecular complexity index is 1050. The highest BCUT2D eigenvalue weighted by Gasteiger charge is 2.24. The molecule has 0 saturated carbocycles. The van der Waals surface area contributed by atoms with E-state index in [-0.39, 0.29) is 17.0 Å². The van der Waals surface area contributed by atoms with Gasteiger partial charge in [-0.3, -0.25) is 4.79 Å². The van der Waals surface area contributed by atoms with Gasteiger partial charge < -0.3 is 10.2 Å². The van der Waals surface area contributed by atoms with E-state index < -0.39 is 15.9 Å². The van der Waals surface area contributed by atoms with E-state index >= 15 is 0 Å². The highest BCUT2D eigenvalue weighted by atomic mass is 32.2. The van der Waals surface area contributed by atoms with Crippen molar-refractivity contribution in [1.82, 2.24) is 4.31 Å². The Morgan fingerprint density at radius 3 is 2.38 bits per heavy atom. The molecule has 0 atom stereocenters. The van der Waals surface area contributed by atoms with Crippen molar-refractivity contribution in [3.05, 3.63) is 65.4 Å². The number of amides is 1. The number of furan rings is 1. The van der Waals surface area contributed by atoms with Crippen molar-refractivity contribution in [2.24, 2.45) is 5.73 Å². The van der Waals surface area contributed by atoms with Gasteiger partial charge in [-0.1, -0.05) is 25.1 Å². The van der Waals surface area contributed by atoms with Crippen molar-refractivity contribution in [3.8, 4) is 0 Å². The standard InChI is InChI=1S/C19H20N2O4S/c1-3-17-16(15-6-4-5-7-18(15)25-17)12-21(2)26(23,24)14-10-8-13(9-11-14)19(20)22/h4-11H,3,12H2,1-2H3,(H2,20,22). The molecule has 26 heavy (non-hydrogen) atoms. The van der Waals surface area contributed by atoms with Crippen LogP contribution >= 0.6 is 0 Å². The zero-order valence-electron chi connectivity index (χ0n) is 14.6. The monoisotopic (exact) mass is 372 g/mol. The van der Waals surface area contributed by atoms with Crippen molar-refractivity contribution in [1.29, 1.82) is 0 Å². The third kappa shape index (κ3) is 3.23. The molecule has 6 nitrogen and oxygen atoms in total. The molecule has 0 spiro atoms. The summed E-state index contributed by atoms with van der Waals surface area (Å²) in [6, 6.07) is 13.2. The molecule has 0 bridgehead atoms. The second kappa shape index (κ2) is 6.93. The average Bonchev–Trinajstić information content (AvgIpc) is 2.99. The summed E-state index contributed by atoms with van der Waals surface area (Å²) in [5.41, 5.74) is 7.07. The number of primary amides is 1. The first-order valence-electron chi connectivity index (χ1n) is 8.20. The number of carbonyl (C=O) groups is 1. The Balaban J connectivity index is 1.94. The maximum Gasteiger partial charge on any atom is 0.248 e. The summed E-state index contributed by atoms with van der Waals surface area (Å²) in [4.78, 5) is 11.3. The molecule has 2 N–H and O–H groups in total. The molecule has 0 saturated heterocycles. The van der Waals surface area contributed by atoms with Crippen LogP contribution in [0.5, 0.6) is 0 Å². The minimum atomic E-state index is -3.71. The van der Waals surface area contributed by atoms with E-state index in [1.165, 1.54) is 35.6 Å². The van der Waals surface area contributed by atoms with Crippen LogP contribution in [-0.2, 0) is 23.0 Å². The Hall–Kier alpha value is -2.64. The largest absolute Gasteiger partial charge is 0.461 e. The van der Waals surface area contributed by atoms with Gasteiger partial charge in [0.05, 0.1) is 4.90 Å². The Kier molecular flexibility index (Phi) is 4.84. The molecule has 1 amide bonds. The first-order chi connectivity index (χ1) is 12.3. The molecule has 136 valence electrons. The molecule has 1 heterocycles. The van der Waals surface area contributed by atoms with Gasteiger partial charge in [0.1, 0.15) is 11.3 Å². The lowest BCUT2D eigenvalue weighted by molar-refractivity contribution is 0.1000. The minimum absolute atomic E-state index is 0.107. The van der Waals surface area contributed by atoms with Crippen molar-refractivity contribution >= 4 is 26.9 Å². The number of fused-ring (bicyclic) bond motifs is 1. The fraction of sp³-hybridized carbons (Fsp3) is 0.211. The number of carbonyl (C=O) groups excluding carboxylic acids is 1. The van der Waals surface area contributed by atoms with Crippen LogP contribution in [0, 0.1) is 0 Å². The molecule has 0 aliphatic heterocycles. The number of benzene rings is 2. The Morgan fingerprint density at radius 1 is 1.12 bits per heavy atom. The number of sulfonamides is 1. The summed E-state index contributed by atoms with van der Waals surface area (Å²) in [7, 11) is -2.19. The zero-order valence-corrected chi connectivity index (χ0v) is 15.4. The molecule has 1 aromatic heterocycles. The minimum Gasteiger partial charge on any atom is -0.461 e. The van der Waals surface area contributed by atoms with Gasteiger partial charge in [-0.05, 0) is 30.3 Å². The molecule has 0 aliphatic carbocycles. The summed E-state index contributed by atoms with van der Waals surface area (Å²) in [5.74, 6) is 0.178. The number of hydrogen-bond donors (Lipinski definition) is 1. The molecule has 0 unspecified atom stereocenters. The molecular weight excluding hydrogens is 352 g/mol. The molecule has 3 rings (SSSR count). The molecule has 3 aromatic rings. The fourth-order valence-electron chi connectivity index (χ4n) is 2.89. The lowest BCUT2D eigenvalue weighted by Crippen LogP contribution is -2.27. The summed E-state index contributed by atoms with van der Waals surface area (Å²) >= 11 is 0. The summed E-state index contributed by atoms with van der Waals surface area (Å²) in [5, 5.41) is 0.912. The normalized spacial score (nSPS) is 12.0. The van der Waals surface area contributed by atoms with Crippen molar-refractivity contribution < 1.29 is 17.6 Å². The van der Waals surface area contributed by atoms with E-state index in [4.69, 9.17) is 10.2 Å². The third-order valence-electron chi connectivity index (χ3n) is 4.33. The summed E-state index contributed by atoms with van der Waals surface area (Å²) in [6.45, 7) is 2.17. The van der Waals surface area contributed by atoms with E-state index in [0.29, 0.717) is 6.42 Å². The molecule has 2 aromatic carbocycles. The van der Waals surface area contributed by atoms with Gasteiger partial charge >= 0.3 is 0 Å². The van der Waals surface area contributed by atoms with Crippen molar-refractivity contribution in [2.45, 2.75) is 24.8 Å². The van der Waals surface area contributed by atoms with E-state index in [9.17, 15) is 13.2 Å². The molecular formula is C19H20N2O4S. The highest BCUT2D eigenvalue weighted by molar-refractivity contribution is 7.89.